The van der Waals surface area contributed by atoms with Crippen LogP contribution in [0.4, 0.5) is 0 Å². The molecule has 0 aliphatic carbocycles. The lowest BCUT2D eigenvalue weighted by Gasteiger charge is -2.05. The summed E-state index contributed by atoms with van der Waals surface area (Å²) in [5.41, 5.74) is 0.951. The van der Waals surface area contributed by atoms with Crippen LogP contribution in [-0.4, -0.2) is 40.1 Å². The van der Waals surface area contributed by atoms with Crippen molar-refractivity contribution in [2.75, 3.05) is 23.3 Å². The van der Waals surface area contributed by atoms with Crippen LogP contribution in [0.2, 0.25) is 0 Å². The van der Waals surface area contributed by atoms with E-state index in [1.54, 1.807) is 0 Å². The molecule has 10 heteroatoms. The number of hydrogen-bond donors (Lipinski definition) is 1. The number of sulfonamides is 1. The molecule has 0 saturated heterocycles. The Morgan fingerprint density at radius 2 is 1.39 bits per heavy atom. The molecule has 0 aliphatic heterocycles. The number of nitrogens with one attached hydrogen (secondary N) is 1. The predicted octanol–water partition coefficient (Wildman–Crippen LogP) is 2.92. The Bertz CT molecular complexity index is 622. The smallest absolute Gasteiger partial charge is 0.212 e. The summed E-state index contributed by atoms with van der Waals surface area (Å²) < 4.78 is 45.5. The van der Waals surface area contributed by atoms with Gasteiger partial charge in [0.05, 0.1) is 11.5 Å². The fourth-order valence-corrected chi connectivity index (χ4v) is 3.79. The van der Waals surface area contributed by atoms with Crippen LogP contribution >= 0.6 is 33.9 Å². The van der Waals surface area contributed by atoms with E-state index in [2.05, 4.69) is 4.72 Å². The molecule has 0 fully saturated rings. The van der Waals surface area contributed by atoms with Crippen LogP contribution in [0.3, 0.4) is 0 Å². The fourth-order valence-electron chi connectivity index (χ4n) is 1.33. The SMILES string of the molecule is O=S(=O)(CCCCl)NCc1ccccc1.O=S(=O)(Cl)CCCCl. The second-order valence-electron chi connectivity index (χ2n) is 4.45. The molecule has 0 radical (unpaired) electrons. The van der Waals surface area contributed by atoms with E-state index in [1.807, 2.05) is 30.3 Å². The molecule has 0 aliphatic rings. The van der Waals surface area contributed by atoms with Crippen molar-refractivity contribution in [2.24, 2.45) is 0 Å². The summed E-state index contributed by atoms with van der Waals surface area (Å²) in [5.74, 6) is 0.763. The molecule has 5 nitrogen and oxygen atoms in total. The Balaban J connectivity index is 0.000000515. The third-order valence-electron chi connectivity index (χ3n) is 2.41. The van der Waals surface area contributed by atoms with Crippen LogP contribution in [0.25, 0.3) is 0 Å². The normalized spacial score (nSPS) is 11.6. The lowest BCUT2D eigenvalue weighted by atomic mass is 10.2. The van der Waals surface area contributed by atoms with E-state index in [-0.39, 0.29) is 11.5 Å². The Kier molecular flexibility index (Phi) is 12.3. The molecule has 0 spiro atoms. The zero-order valence-electron chi connectivity index (χ0n) is 12.4. The number of benzene rings is 1. The molecule has 23 heavy (non-hydrogen) atoms. The van der Waals surface area contributed by atoms with Gasteiger partial charge in [-0.2, -0.15) is 0 Å². The maximum absolute atomic E-state index is 11.4. The van der Waals surface area contributed by atoms with Gasteiger partial charge in [-0.05, 0) is 18.4 Å². The third kappa shape index (κ3) is 15.2. The standard InChI is InChI=1S/C10H14ClNO2S.C3H6Cl2O2S/c11-7-4-8-15(13,14)12-9-10-5-2-1-3-6-10;4-2-1-3-8(5,6)7/h1-3,5-6,12H,4,7-9H2;1-3H2. The van der Waals surface area contributed by atoms with Crippen LogP contribution in [0.15, 0.2) is 30.3 Å². The van der Waals surface area contributed by atoms with Crippen LogP contribution in [0.5, 0.6) is 0 Å². The molecule has 0 saturated carbocycles. The molecule has 1 aromatic carbocycles. The molecule has 0 atom stereocenters. The minimum Gasteiger partial charge on any atom is -0.212 e. The summed E-state index contributed by atoms with van der Waals surface area (Å²) in [4.78, 5) is 0. The number of halogens is 3. The Morgan fingerprint density at radius 3 is 1.83 bits per heavy atom. The molecule has 0 heterocycles. The number of alkyl halides is 2. The molecule has 1 aromatic rings. The van der Waals surface area contributed by atoms with Gasteiger partial charge in [0.1, 0.15) is 0 Å². The Morgan fingerprint density at radius 1 is 0.870 bits per heavy atom. The molecule has 0 bridgehead atoms. The molecule has 0 unspecified atom stereocenters. The van der Waals surface area contributed by atoms with Gasteiger partial charge in [0, 0.05) is 29.0 Å². The van der Waals surface area contributed by atoms with Gasteiger partial charge >= 0.3 is 0 Å². The summed E-state index contributed by atoms with van der Waals surface area (Å²) in [7, 11) is -1.65. The first kappa shape index (κ1) is 22.9. The van der Waals surface area contributed by atoms with Gasteiger partial charge < -0.3 is 0 Å². The van der Waals surface area contributed by atoms with E-state index in [0.29, 0.717) is 31.1 Å². The second kappa shape index (κ2) is 12.3. The first-order valence-electron chi connectivity index (χ1n) is 6.75. The average Bonchev–Trinajstić information content (AvgIpc) is 2.50. The highest BCUT2D eigenvalue weighted by Gasteiger charge is 2.08. The summed E-state index contributed by atoms with van der Waals surface area (Å²) in [6, 6.07) is 9.41. The van der Waals surface area contributed by atoms with Gasteiger partial charge in [0.2, 0.25) is 19.1 Å². The number of rotatable bonds is 9. The van der Waals surface area contributed by atoms with E-state index in [0.717, 1.165) is 5.56 Å². The molecular weight excluding hydrogens is 405 g/mol. The lowest BCUT2D eigenvalue weighted by molar-refractivity contribution is 0.580. The van der Waals surface area contributed by atoms with Gasteiger partial charge in [0.15, 0.2) is 0 Å². The maximum atomic E-state index is 11.4. The molecule has 1 N–H and O–H groups in total. The van der Waals surface area contributed by atoms with Crippen molar-refractivity contribution in [1.29, 1.82) is 0 Å². The highest BCUT2D eigenvalue weighted by Crippen LogP contribution is 2.00. The molecule has 1 rings (SSSR count). The summed E-state index contributed by atoms with van der Waals surface area (Å²) in [6.45, 7) is 0.339. The van der Waals surface area contributed by atoms with E-state index >= 15 is 0 Å². The van der Waals surface area contributed by atoms with Crippen molar-refractivity contribution < 1.29 is 16.8 Å². The minimum atomic E-state index is -3.30. The van der Waals surface area contributed by atoms with Gasteiger partial charge in [-0.25, -0.2) is 21.6 Å². The van der Waals surface area contributed by atoms with Crippen molar-refractivity contribution in [2.45, 2.75) is 19.4 Å². The Hall–Kier alpha value is -0.0500. The van der Waals surface area contributed by atoms with Crippen LogP contribution < -0.4 is 4.72 Å². The van der Waals surface area contributed by atoms with E-state index in [9.17, 15) is 16.8 Å². The minimum absolute atomic E-state index is 0.0297. The summed E-state index contributed by atoms with van der Waals surface area (Å²) >= 11 is 10.6. The Labute approximate surface area is 152 Å². The summed E-state index contributed by atoms with van der Waals surface area (Å²) in [6.07, 6.45) is 0.902. The predicted molar refractivity (Wildman–Crippen MR) is 97.4 cm³/mol. The molecule has 134 valence electrons. The largest absolute Gasteiger partial charge is 0.232 e. The van der Waals surface area contributed by atoms with Crippen molar-refractivity contribution >= 4 is 53.0 Å². The highest BCUT2D eigenvalue weighted by molar-refractivity contribution is 8.13. The first-order valence-corrected chi connectivity index (χ1v) is 12.0. The van der Waals surface area contributed by atoms with Crippen LogP contribution in [0, 0.1) is 0 Å². The van der Waals surface area contributed by atoms with Gasteiger partial charge in [-0.3, -0.25) is 0 Å². The number of hydrogen-bond acceptors (Lipinski definition) is 4. The van der Waals surface area contributed by atoms with Gasteiger partial charge in [-0.15, -0.1) is 23.2 Å². The lowest BCUT2D eigenvalue weighted by Crippen LogP contribution is -2.26. The quantitative estimate of drug-likeness (QED) is 0.488. The van der Waals surface area contributed by atoms with Crippen molar-refractivity contribution in [3.63, 3.8) is 0 Å². The topological polar surface area (TPSA) is 80.3 Å². The van der Waals surface area contributed by atoms with Gasteiger partial charge in [0.25, 0.3) is 0 Å². The fraction of sp³-hybridized carbons (Fsp3) is 0.538. The van der Waals surface area contributed by atoms with Crippen LogP contribution in [0.1, 0.15) is 18.4 Å². The van der Waals surface area contributed by atoms with Gasteiger partial charge in [-0.1, -0.05) is 30.3 Å². The van der Waals surface area contributed by atoms with E-state index < -0.39 is 19.1 Å². The van der Waals surface area contributed by atoms with E-state index in [4.69, 9.17) is 33.9 Å². The molecule has 0 aromatic heterocycles. The highest BCUT2D eigenvalue weighted by atomic mass is 35.7. The average molecular weight is 425 g/mol. The third-order valence-corrected chi connectivity index (χ3v) is 5.59. The zero-order chi connectivity index (χ0) is 17.8. The van der Waals surface area contributed by atoms with Crippen LogP contribution in [-0.2, 0) is 25.6 Å². The van der Waals surface area contributed by atoms with Crippen molar-refractivity contribution in [3.05, 3.63) is 35.9 Å². The summed E-state index contributed by atoms with van der Waals surface area (Å²) in [5, 5.41) is 0. The van der Waals surface area contributed by atoms with E-state index in [1.165, 1.54) is 0 Å². The first-order chi connectivity index (χ1) is 10.7. The molecule has 0 amide bonds. The van der Waals surface area contributed by atoms with Crippen molar-refractivity contribution in [3.8, 4) is 0 Å². The van der Waals surface area contributed by atoms with Crippen molar-refractivity contribution in [1.82, 2.24) is 4.72 Å². The molecular formula is C13H20Cl3NO4S2. The second-order valence-corrected chi connectivity index (χ2v) is 10.0. The zero-order valence-corrected chi connectivity index (χ0v) is 16.3. The monoisotopic (exact) mass is 423 g/mol. The maximum Gasteiger partial charge on any atom is 0.232 e.